The second-order valence-corrected chi connectivity index (χ2v) is 5.93. The van der Waals surface area contributed by atoms with Crippen LogP contribution in [0.3, 0.4) is 0 Å². The fourth-order valence-corrected chi connectivity index (χ4v) is 2.88. The summed E-state index contributed by atoms with van der Waals surface area (Å²) >= 11 is 0. The molecule has 138 valence electrons. The Bertz CT molecular complexity index is 752. The maximum Gasteiger partial charge on any atom is 0.193 e. The number of para-hydroxylation sites is 1. The highest BCUT2D eigenvalue weighted by Crippen LogP contribution is 2.30. The highest BCUT2D eigenvalue weighted by atomic mass is 16.5. The Hall–Kier alpha value is -2.89. The van der Waals surface area contributed by atoms with Gasteiger partial charge in [-0.15, -0.1) is 0 Å². The molecule has 3 rings (SSSR count). The summed E-state index contributed by atoms with van der Waals surface area (Å²) < 4.78 is 17.1. The first kappa shape index (κ1) is 17.9. The van der Waals surface area contributed by atoms with Crippen molar-refractivity contribution in [3.8, 4) is 17.2 Å². The van der Waals surface area contributed by atoms with E-state index in [4.69, 9.17) is 19.9 Å². The van der Waals surface area contributed by atoms with Crippen LogP contribution in [0.4, 0.5) is 5.69 Å². The first-order valence-electron chi connectivity index (χ1n) is 8.90. The summed E-state index contributed by atoms with van der Waals surface area (Å²) in [4.78, 5) is 4.42. The van der Waals surface area contributed by atoms with Gasteiger partial charge in [-0.2, -0.15) is 0 Å². The van der Waals surface area contributed by atoms with Gasteiger partial charge in [0, 0.05) is 12.5 Å². The molecule has 1 heterocycles. The minimum absolute atomic E-state index is 0.00821. The fourth-order valence-electron chi connectivity index (χ4n) is 2.88. The normalized spacial score (nSPS) is 15.9. The zero-order valence-electron chi connectivity index (χ0n) is 15.2. The van der Waals surface area contributed by atoms with Crippen LogP contribution in [-0.4, -0.2) is 31.8 Å². The summed E-state index contributed by atoms with van der Waals surface area (Å²) in [7, 11) is 0. The molecule has 6 heteroatoms. The van der Waals surface area contributed by atoms with Gasteiger partial charge in [0.2, 0.25) is 0 Å². The van der Waals surface area contributed by atoms with Crippen LogP contribution in [0.15, 0.2) is 47.5 Å². The van der Waals surface area contributed by atoms with E-state index in [1.54, 1.807) is 0 Å². The number of fused-ring (bicyclic) bond motifs is 1. The predicted molar refractivity (Wildman–Crippen MR) is 103 cm³/mol. The lowest BCUT2D eigenvalue weighted by atomic mass is 10.1. The molecule has 0 aliphatic carbocycles. The molecule has 1 aliphatic rings. The average molecular weight is 355 g/mol. The molecule has 2 aromatic carbocycles. The third kappa shape index (κ3) is 4.39. The predicted octanol–water partition coefficient (Wildman–Crippen LogP) is 3.21. The van der Waals surface area contributed by atoms with Crippen LogP contribution in [0.25, 0.3) is 0 Å². The number of guanidine groups is 1. The SMILES string of the molecule is CCOc1ccc(OCC)c(NC(N)=NCC2Cc3ccccc3O2)c1. The van der Waals surface area contributed by atoms with Crippen LogP contribution in [0.1, 0.15) is 19.4 Å². The average Bonchev–Trinajstić information content (AvgIpc) is 3.05. The van der Waals surface area contributed by atoms with Crippen LogP contribution < -0.4 is 25.3 Å². The van der Waals surface area contributed by atoms with E-state index >= 15 is 0 Å². The van der Waals surface area contributed by atoms with Gasteiger partial charge < -0.3 is 25.3 Å². The number of rotatable bonds is 7. The van der Waals surface area contributed by atoms with Crippen molar-refractivity contribution in [2.24, 2.45) is 10.7 Å². The van der Waals surface area contributed by atoms with E-state index in [-0.39, 0.29) is 6.10 Å². The van der Waals surface area contributed by atoms with E-state index in [9.17, 15) is 0 Å². The largest absolute Gasteiger partial charge is 0.494 e. The van der Waals surface area contributed by atoms with Crippen LogP contribution in [0, 0.1) is 0 Å². The number of nitrogens with zero attached hydrogens (tertiary/aromatic N) is 1. The summed E-state index contributed by atoms with van der Waals surface area (Å²) in [5, 5.41) is 3.11. The van der Waals surface area contributed by atoms with E-state index in [1.165, 1.54) is 5.56 Å². The maximum atomic E-state index is 6.06. The molecule has 0 saturated heterocycles. The van der Waals surface area contributed by atoms with Gasteiger partial charge in [-0.1, -0.05) is 18.2 Å². The van der Waals surface area contributed by atoms with Crippen molar-refractivity contribution in [3.05, 3.63) is 48.0 Å². The zero-order chi connectivity index (χ0) is 18.4. The molecule has 1 aliphatic heterocycles. The Morgan fingerprint density at radius 3 is 2.77 bits per heavy atom. The molecule has 0 bridgehead atoms. The smallest absolute Gasteiger partial charge is 0.193 e. The zero-order valence-corrected chi connectivity index (χ0v) is 15.2. The second kappa shape index (κ2) is 8.47. The van der Waals surface area contributed by atoms with E-state index in [1.807, 2.05) is 50.2 Å². The molecular formula is C20H25N3O3. The van der Waals surface area contributed by atoms with Gasteiger partial charge in [-0.05, 0) is 37.6 Å². The molecule has 3 N–H and O–H groups in total. The summed E-state index contributed by atoms with van der Waals surface area (Å²) in [6, 6.07) is 13.6. The number of nitrogens with two attached hydrogens (primary N) is 1. The molecule has 0 saturated carbocycles. The quantitative estimate of drug-likeness (QED) is 0.589. The molecular weight excluding hydrogens is 330 g/mol. The summed E-state index contributed by atoms with van der Waals surface area (Å²) in [5.41, 5.74) is 8.01. The molecule has 0 amide bonds. The third-order valence-corrected chi connectivity index (χ3v) is 4.00. The number of aliphatic imine (C=N–C) groups is 1. The Morgan fingerprint density at radius 2 is 2.00 bits per heavy atom. The Morgan fingerprint density at radius 1 is 1.19 bits per heavy atom. The third-order valence-electron chi connectivity index (χ3n) is 4.00. The van der Waals surface area contributed by atoms with Crippen molar-refractivity contribution in [2.45, 2.75) is 26.4 Å². The lowest BCUT2D eigenvalue weighted by Crippen LogP contribution is -2.26. The summed E-state index contributed by atoms with van der Waals surface area (Å²) in [5.74, 6) is 2.71. The van der Waals surface area contributed by atoms with Gasteiger partial charge in [-0.3, -0.25) is 0 Å². The highest BCUT2D eigenvalue weighted by Gasteiger charge is 2.21. The number of benzene rings is 2. The Balaban J connectivity index is 1.64. The maximum absolute atomic E-state index is 6.06. The molecule has 6 nitrogen and oxygen atoms in total. The van der Waals surface area contributed by atoms with E-state index < -0.39 is 0 Å². The van der Waals surface area contributed by atoms with Crippen LogP contribution in [-0.2, 0) is 6.42 Å². The van der Waals surface area contributed by atoms with Crippen molar-refractivity contribution in [2.75, 3.05) is 25.1 Å². The molecule has 0 fully saturated rings. The highest BCUT2D eigenvalue weighted by molar-refractivity contribution is 5.94. The lowest BCUT2D eigenvalue weighted by molar-refractivity contribution is 0.242. The number of ether oxygens (including phenoxy) is 3. The van der Waals surface area contributed by atoms with Crippen molar-refractivity contribution in [1.29, 1.82) is 0 Å². The van der Waals surface area contributed by atoms with Crippen molar-refractivity contribution < 1.29 is 14.2 Å². The Labute approximate surface area is 154 Å². The van der Waals surface area contributed by atoms with Crippen LogP contribution in [0.5, 0.6) is 17.2 Å². The molecule has 1 unspecified atom stereocenters. The van der Waals surface area contributed by atoms with Crippen molar-refractivity contribution >= 4 is 11.6 Å². The lowest BCUT2D eigenvalue weighted by Gasteiger charge is -2.14. The topological polar surface area (TPSA) is 78.1 Å². The molecule has 0 radical (unpaired) electrons. The molecule has 0 spiro atoms. The molecule has 0 aromatic heterocycles. The number of nitrogens with one attached hydrogen (secondary N) is 1. The molecule has 26 heavy (non-hydrogen) atoms. The minimum Gasteiger partial charge on any atom is -0.494 e. The van der Waals surface area contributed by atoms with Gasteiger partial charge in [0.1, 0.15) is 23.4 Å². The van der Waals surface area contributed by atoms with Gasteiger partial charge in [0.25, 0.3) is 0 Å². The first-order valence-corrected chi connectivity index (χ1v) is 8.90. The van der Waals surface area contributed by atoms with Crippen LogP contribution >= 0.6 is 0 Å². The van der Waals surface area contributed by atoms with E-state index in [0.29, 0.717) is 31.5 Å². The first-order chi connectivity index (χ1) is 12.7. The standard InChI is InChI=1S/C20H25N3O3/c1-3-24-15-9-10-19(25-4-2)17(12-15)23-20(21)22-13-16-11-14-7-5-6-8-18(14)26-16/h5-10,12,16H,3-4,11,13H2,1-2H3,(H3,21,22,23). The van der Waals surface area contributed by atoms with Crippen molar-refractivity contribution in [1.82, 2.24) is 0 Å². The Kier molecular flexibility index (Phi) is 5.84. The number of anilines is 1. The van der Waals surface area contributed by atoms with Gasteiger partial charge in [0.15, 0.2) is 5.96 Å². The van der Waals surface area contributed by atoms with Gasteiger partial charge in [-0.25, -0.2) is 4.99 Å². The summed E-state index contributed by atoms with van der Waals surface area (Å²) in [6.45, 7) is 5.53. The van der Waals surface area contributed by atoms with Gasteiger partial charge >= 0.3 is 0 Å². The van der Waals surface area contributed by atoms with Crippen molar-refractivity contribution in [3.63, 3.8) is 0 Å². The molecule has 1 atom stereocenters. The number of hydrogen-bond acceptors (Lipinski definition) is 4. The van der Waals surface area contributed by atoms with Gasteiger partial charge in [0.05, 0.1) is 25.4 Å². The van der Waals surface area contributed by atoms with E-state index in [0.717, 1.165) is 23.6 Å². The molecule has 2 aromatic rings. The monoisotopic (exact) mass is 355 g/mol. The number of hydrogen-bond donors (Lipinski definition) is 2. The summed E-state index contributed by atoms with van der Waals surface area (Å²) in [6.07, 6.45) is 0.852. The second-order valence-electron chi connectivity index (χ2n) is 5.93. The van der Waals surface area contributed by atoms with E-state index in [2.05, 4.69) is 16.4 Å². The fraction of sp³-hybridized carbons (Fsp3) is 0.350. The minimum atomic E-state index is 0.00821. The van der Waals surface area contributed by atoms with Crippen LogP contribution in [0.2, 0.25) is 0 Å².